The molecule has 1 unspecified atom stereocenters. The molecule has 0 spiro atoms. The molecule has 0 saturated heterocycles. The number of methoxy groups -OCH3 is 1. The summed E-state index contributed by atoms with van der Waals surface area (Å²) < 4.78 is 4.59. The standard InChI is InChI=1S/C11H15ClO3/c1-8-5-3-4-6-9(13)11(12,7-8)10(14)15-2/h5H,3-4,6-7H2,1-2H3/b8-5-. The molecule has 0 N–H and O–H groups in total. The van der Waals surface area contributed by atoms with E-state index >= 15 is 0 Å². The number of alkyl halides is 1. The number of hydrogen-bond acceptors (Lipinski definition) is 3. The minimum absolute atomic E-state index is 0.233. The Morgan fingerprint density at radius 1 is 1.60 bits per heavy atom. The normalized spacial score (nSPS) is 31.1. The molecule has 0 fully saturated rings. The van der Waals surface area contributed by atoms with Crippen LogP contribution in [0.2, 0.25) is 0 Å². The highest BCUT2D eigenvalue weighted by Crippen LogP contribution is 2.31. The Morgan fingerprint density at radius 3 is 2.87 bits per heavy atom. The molecule has 4 heteroatoms. The highest BCUT2D eigenvalue weighted by atomic mass is 35.5. The van der Waals surface area contributed by atoms with E-state index < -0.39 is 10.8 Å². The smallest absolute Gasteiger partial charge is 0.334 e. The maximum absolute atomic E-state index is 11.8. The average Bonchev–Trinajstić information content (AvgIpc) is 2.20. The van der Waals surface area contributed by atoms with Crippen molar-refractivity contribution < 1.29 is 14.3 Å². The van der Waals surface area contributed by atoms with Gasteiger partial charge in [0.05, 0.1) is 7.11 Å². The van der Waals surface area contributed by atoms with Gasteiger partial charge in [-0.25, -0.2) is 4.79 Å². The van der Waals surface area contributed by atoms with Crippen LogP contribution in [0.3, 0.4) is 0 Å². The molecule has 0 amide bonds. The molecule has 0 aromatic rings. The fourth-order valence-electron chi connectivity index (χ4n) is 1.71. The van der Waals surface area contributed by atoms with E-state index in [0.29, 0.717) is 6.42 Å². The van der Waals surface area contributed by atoms with Crippen molar-refractivity contribution in [2.24, 2.45) is 0 Å². The zero-order valence-corrected chi connectivity index (χ0v) is 9.76. The molecule has 0 heterocycles. The van der Waals surface area contributed by atoms with Crippen molar-refractivity contribution in [3.05, 3.63) is 11.6 Å². The van der Waals surface area contributed by atoms with Crippen LogP contribution in [0.1, 0.15) is 32.6 Å². The van der Waals surface area contributed by atoms with Gasteiger partial charge >= 0.3 is 5.97 Å². The maximum Gasteiger partial charge on any atom is 0.334 e. The van der Waals surface area contributed by atoms with E-state index in [4.69, 9.17) is 11.6 Å². The summed E-state index contributed by atoms with van der Waals surface area (Å²) in [4.78, 5) is 21.8. The van der Waals surface area contributed by atoms with Crippen LogP contribution < -0.4 is 0 Å². The first-order valence-corrected chi connectivity index (χ1v) is 5.35. The third kappa shape index (κ3) is 2.59. The van der Waals surface area contributed by atoms with Gasteiger partial charge < -0.3 is 4.74 Å². The van der Waals surface area contributed by atoms with Crippen molar-refractivity contribution in [3.8, 4) is 0 Å². The Balaban J connectivity index is 2.99. The third-order valence-electron chi connectivity index (χ3n) is 2.57. The molecule has 0 bridgehead atoms. The van der Waals surface area contributed by atoms with Gasteiger partial charge in [0.15, 0.2) is 5.78 Å². The molecule has 0 aromatic heterocycles. The van der Waals surface area contributed by atoms with E-state index in [0.717, 1.165) is 18.4 Å². The lowest BCUT2D eigenvalue weighted by molar-refractivity contribution is -0.147. The number of allylic oxidation sites excluding steroid dienone is 2. The van der Waals surface area contributed by atoms with Gasteiger partial charge in [0.1, 0.15) is 0 Å². The summed E-state index contributed by atoms with van der Waals surface area (Å²) in [5.41, 5.74) is 0.962. The molecule has 0 aliphatic heterocycles. The van der Waals surface area contributed by atoms with Crippen molar-refractivity contribution in [1.82, 2.24) is 0 Å². The van der Waals surface area contributed by atoms with E-state index in [-0.39, 0.29) is 12.2 Å². The van der Waals surface area contributed by atoms with E-state index in [1.165, 1.54) is 7.11 Å². The number of ketones is 1. The number of rotatable bonds is 1. The summed E-state index contributed by atoms with van der Waals surface area (Å²) in [6, 6.07) is 0. The van der Waals surface area contributed by atoms with E-state index in [1.807, 2.05) is 13.0 Å². The fraction of sp³-hybridized carbons (Fsp3) is 0.636. The summed E-state index contributed by atoms with van der Waals surface area (Å²) in [6.07, 6.45) is 4.21. The van der Waals surface area contributed by atoms with Gasteiger partial charge in [-0.05, 0) is 19.8 Å². The van der Waals surface area contributed by atoms with Crippen molar-refractivity contribution in [2.75, 3.05) is 7.11 Å². The van der Waals surface area contributed by atoms with Crippen LogP contribution in [0.15, 0.2) is 11.6 Å². The third-order valence-corrected chi connectivity index (χ3v) is 3.07. The Kier molecular flexibility index (Phi) is 3.91. The summed E-state index contributed by atoms with van der Waals surface area (Å²) in [5, 5.41) is 0. The number of carbonyl (C=O) groups excluding carboxylic acids is 2. The monoisotopic (exact) mass is 230 g/mol. The Bertz CT molecular complexity index is 309. The van der Waals surface area contributed by atoms with E-state index in [9.17, 15) is 9.59 Å². The van der Waals surface area contributed by atoms with Crippen molar-refractivity contribution in [2.45, 2.75) is 37.5 Å². The molecular weight excluding hydrogens is 216 g/mol. The quantitative estimate of drug-likeness (QED) is 0.300. The van der Waals surface area contributed by atoms with Gasteiger partial charge in [-0.2, -0.15) is 0 Å². The first-order valence-electron chi connectivity index (χ1n) is 4.97. The zero-order chi connectivity index (χ0) is 11.5. The lowest BCUT2D eigenvalue weighted by Gasteiger charge is -2.24. The lowest BCUT2D eigenvalue weighted by atomic mass is 9.89. The summed E-state index contributed by atoms with van der Waals surface area (Å²) in [5.74, 6) is -0.882. The number of carbonyl (C=O) groups is 2. The molecule has 1 atom stereocenters. The second-order valence-corrected chi connectivity index (χ2v) is 4.48. The predicted molar refractivity (Wildman–Crippen MR) is 57.8 cm³/mol. The number of hydrogen-bond donors (Lipinski definition) is 0. The first-order chi connectivity index (χ1) is 7.00. The van der Waals surface area contributed by atoms with Gasteiger partial charge in [0, 0.05) is 12.8 Å². The van der Waals surface area contributed by atoms with Gasteiger partial charge in [-0.15, -0.1) is 0 Å². The zero-order valence-electron chi connectivity index (χ0n) is 9.01. The van der Waals surface area contributed by atoms with Crippen molar-refractivity contribution in [1.29, 1.82) is 0 Å². The van der Waals surface area contributed by atoms with Crippen molar-refractivity contribution in [3.63, 3.8) is 0 Å². The van der Waals surface area contributed by atoms with Gasteiger partial charge in [0.25, 0.3) is 0 Å². The van der Waals surface area contributed by atoms with Gasteiger partial charge in [0.2, 0.25) is 4.87 Å². The fourth-order valence-corrected chi connectivity index (χ4v) is 2.09. The minimum Gasteiger partial charge on any atom is -0.467 e. The summed E-state index contributed by atoms with van der Waals surface area (Å²) in [7, 11) is 1.25. The highest BCUT2D eigenvalue weighted by molar-refractivity contribution is 6.45. The Labute approximate surface area is 94.4 Å². The number of halogens is 1. The van der Waals surface area contributed by atoms with Crippen LogP contribution in [-0.2, 0) is 14.3 Å². The van der Waals surface area contributed by atoms with E-state index in [2.05, 4.69) is 4.74 Å². The second-order valence-electron chi connectivity index (χ2n) is 3.84. The largest absolute Gasteiger partial charge is 0.467 e. The van der Waals surface area contributed by atoms with Crippen molar-refractivity contribution >= 4 is 23.4 Å². The minimum atomic E-state index is -1.50. The Hall–Kier alpha value is -0.830. The predicted octanol–water partition coefficient (Wildman–Crippen LogP) is 2.23. The molecule has 1 rings (SSSR count). The molecule has 0 saturated carbocycles. The molecule has 0 aromatic carbocycles. The topological polar surface area (TPSA) is 43.4 Å². The van der Waals surface area contributed by atoms with Crippen LogP contribution in [0.4, 0.5) is 0 Å². The molecule has 1 aliphatic rings. The van der Waals surface area contributed by atoms with Gasteiger partial charge in [-0.1, -0.05) is 23.3 Å². The highest BCUT2D eigenvalue weighted by Gasteiger charge is 2.44. The molecule has 3 nitrogen and oxygen atoms in total. The first kappa shape index (κ1) is 12.2. The lowest BCUT2D eigenvalue weighted by Crippen LogP contribution is -2.42. The van der Waals surface area contributed by atoms with Crippen LogP contribution in [0.25, 0.3) is 0 Å². The maximum atomic E-state index is 11.8. The SMILES string of the molecule is COC(=O)C1(Cl)C/C(C)=C\CCCC1=O. The molecular formula is C11H15ClO3. The molecule has 0 radical (unpaired) electrons. The Morgan fingerprint density at radius 2 is 2.27 bits per heavy atom. The van der Waals surface area contributed by atoms with Crippen LogP contribution in [0.5, 0.6) is 0 Å². The van der Waals surface area contributed by atoms with E-state index in [1.54, 1.807) is 0 Å². The second kappa shape index (κ2) is 4.79. The summed E-state index contributed by atoms with van der Waals surface area (Å²) in [6.45, 7) is 1.87. The van der Waals surface area contributed by atoms with Gasteiger partial charge in [-0.3, -0.25) is 4.79 Å². The van der Waals surface area contributed by atoms with Crippen LogP contribution in [0, 0.1) is 0 Å². The summed E-state index contributed by atoms with van der Waals surface area (Å²) >= 11 is 6.08. The number of Topliss-reactive ketones (excluding diaryl/α,β-unsaturated/α-hetero) is 1. The number of ether oxygens (including phenoxy) is 1. The number of esters is 1. The molecule has 15 heavy (non-hydrogen) atoms. The molecule has 84 valence electrons. The van der Waals surface area contributed by atoms with Crippen LogP contribution in [-0.4, -0.2) is 23.7 Å². The molecule has 1 aliphatic carbocycles. The average molecular weight is 231 g/mol. The van der Waals surface area contributed by atoms with Crippen LogP contribution >= 0.6 is 11.6 Å².